The van der Waals surface area contributed by atoms with E-state index in [0.29, 0.717) is 17.8 Å². The van der Waals surface area contributed by atoms with E-state index in [2.05, 4.69) is 30.2 Å². The van der Waals surface area contributed by atoms with E-state index >= 15 is 0 Å². The lowest BCUT2D eigenvalue weighted by molar-refractivity contribution is -0.00197. The van der Waals surface area contributed by atoms with E-state index in [1.165, 1.54) is 0 Å². The van der Waals surface area contributed by atoms with Crippen molar-refractivity contribution in [2.24, 2.45) is 0 Å². The van der Waals surface area contributed by atoms with E-state index in [4.69, 9.17) is 0 Å². The van der Waals surface area contributed by atoms with Gasteiger partial charge in [0.1, 0.15) is 5.65 Å². The van der Waals surface area contributed by atoms with Crippen molar-refractivity contribution in [2.45, 2.75) is 50.7 Å². The average molecular weight is 377 g/mol. The third kappa shape index (κ3) is 2.99. The number of aliphatic hydroxyl groups is 1. The minimum absolute atomic E-state index is 0.298. The Balaban J connectivity index is 1.38. The quantitative estimate of drug-likeness (QED) is 0.505. The van der Waals surface area contributed by atoms with Gasteiger partial charge in [-0.1, -0.05) is 6.92 Å². The molecule has 1 aliphatic rings. The molecule has 0 aliphatic heterocycles. The lowest BCUT2D eigenvalue weighted by atomic mass is 9.80. The van der Waals surface area contributed by atoms with Gasteiger partial charge in [-0.3, -0.25) is 4.40 Å². The van der Waals surface area contributed by atoms with Crippen LogP contribution in [0.25, 0.3) is 27.9 Å². The Bertz CT molecular complexity index is 1120. The van der Waals surface area contributed by atoms with E-state index in [1.54, 1.807) is 6.20 Å². The third-order valence-electron chi connectivity index (χ3n) is 5.90. The van der Waals surface area contributed by atoms with E-state index in [-0.39, 0.29) is 0 Å². The van der Waals surface area contributed by atoms with Gasteiger partial charge in [0.2, 0.25) is 11.7 Å². The standard InChI is InChI=1S/C20H23N7O/c1-2-20(28)5-3-14(4-6-20)25-18-23-11-16-15(10-22-17(16)26-18)13-9-24-19-21-7-8-27(19)12-13/h7-12,14,28H,2-6H2,1H3,(H2,22,23,25,26). The molecule has 144 valence electrons. The average Bonchev–Trinajstić information content (AvgIpc) is 3.35. The number of rotatable bonds is 4. The minimum Gasteiger partial charge on any atom is -0.390 e. The number of nitrogens with one attached hydrogen (secondary N) is 2. The molecule has 1 aliphatic carbocycles. The molecule has 1 fully saturated rings. The monoisotopic (exact) mass is 377 g/mol. The van der Waals surface area contributed by atoms with Gasteiger partial charge < -0.3 is 15.4 Å². The summed E-state index contributed by atoms with van der Waals surface area (Å²) in [5.41, 5.74) is 2.28. The van der Waals surface area contributed by atoms with Crippen LogP contribution in [0.3, 0.4) is 0 Å². The molecule has 4 aromatic heterocycles. The van der Waals surface area contributed by atoms with Crippen LogP contribution in [-0.2, 0) is 0 Å². The Morgan fingerprint density at radius 2 is 2.11 bits per heavy atom. The lowest BCUT2D eigenvalue weighted by Crippen LogP contribution is -2.38. The van der Waals surface area contributed by atoms with Crippen molar-refractivity contribution in [1.29, 1.82) is 0 Å². The highest BCUT2D eigenvalue weighted by Crippen LogP contribution is 2.32. The van der Waals surface area contributed by atoms with Crippen LogP contribution < -0.4 is 5.32 Å². The third-order valence-corrected chi connectivity index (χ3v) is 5.90. The number of anilines is 1. The van der Waals surface area contributed by atoms with Crippen LogP contribution in [0.1, 0.15) is 39.0 Å². The Morgan fingerprint density at radius 1 is 1.25 bits per heavy atom. The van der Waals surface area contributed by atoms with Crippen LogP contribution in [0.4, 0.5) is 5.95 Å². The molecule has 0 radical (unpaired) electrons. The predicted molar refractivity (Wildman–Crippen MR) is 107 cm³/mol. The van der Waals surface area contributed by atoms with E-state index < -0.39 is 5.60 Å². The summed E-state index contributed by atoms with van der Waals surface area (Å²) in [7, 11) is 0. The van der Waals surface area contributed by atoms with Crippen LogP contribution in [0.5, 0.6) is 0 Å². The first kappa shape index (κ1) is 17.1. The number of hydrogen-bond donors (Lipinski definition) is 3. The number of imidazole rings is 1. The van der Waals surface area contributed by atoms with Crippen LogP contribution >= 0.6 is 0 Å². The number of nitrogens with zero attached hydrogens (tertiary/aromatic N) is 5. The van der Waals surface area contributed by atoms with Crippen molar-refractivity contribution >= 4 is 22.8 Å². The summed E-state index contributed by atoms with van der Waals surface area (Å²) in [4.78, 5) is 21.0. The van der Waals surface area contributed by atoms with Gasteiger partial charge in [0.25, 0.3) is 0 Å². The van der Waals surface area contributed by atoms with Crippen molar-refractivity contribution in [3.8, 4) is 11.1 Å². The smallest absolute Gasteiger partial charge is 0.233 e. The maximum atomic E-state index is 10.4. The highest BCUT2D eigenvalue weighted by molar-refractivity contribution is 5.93. The van der Waals surface area contributed by atoms with Crippen molar-refractivity contribution in [1.82, 2.24) is 29.3 Å². The zero-order valence-electron chi connectivity index (χ0n) is 15.8. The molecule has 4 heterocycles. The van der Waals surface area contributed by atoms with Gasteiger partial charge in [-0.15, -0.1) is 0 Å². The Morgan fingerprint density at radius 3 is 2.93 bits per heavy atom. The van der Waals surface area contributed by atoms with Crippen molar-refractivity contribution < 1.29 is 5.11 Å². The molecule has 0 aromatic carbocycles. The number of H-pyrrole nitrogens is 1. The first-order valence-corrected chi connectivity index (χ1v) is 9.76. The van der Waals surface area contributed by atoms with E-state index in [9.17, 15) is 5.11 Å². The van der Waals surface area contributed by atoms with E-state index in [1.807, 2.05) is 42.3 Å². The topological polar surface area (TPSA) is 104 Å². The van der Waals surface area contributed by atoms with Crippen LogP contribution in [0, 0.1) is 0 Å². The first-order valence-electron chi connectivity index (χ1n) is 9.76. The fourth-order valence-corrected chi connectivity index (χ4v) is 4.01. The maximum Gasteiger partial charge on any atom is 0.233 e. The summed E-state index contributed by atoms with van der Waals surface area (Å²) in [6, 6.07) is 0.298. The molecule has 3 N–H and O–H groups in total. The molecule has 28 heavy (non-hydrogen) atoms. The fourth-order valence-electron chi connectivity index (χ4n) is 4.01. The van der Waals surface area contributed by atoms with Crippen molar-refractivity contribution in [2.75, 3.05) is 5.32 Å². The molecule has 0 amide bonds. The molecule has 0 unspecified atom stereocenters. The van der Waals surface area contributed by atoms with Crippen molar-refractivity contribution in [3.63, 3.8) is 0 Å². The number of aromatic amines is 1. The highest BCUT2D eigenvalue weighted by Gasteiger charge is 2.31. The summed E-state index contributed by atoms with van der Waals surface area (Å²) in [6.07, 6.45) is 15.5. The molecular weight excluding hydrogens is 354 g/mol. The molecule has 0 atom stereocenters. The van der Waals surface area contributed by atoms with Gasteiger partial charge in [0, 0.05) is 59.7 Å². The molecule has 0 spiro atoms. The van der Waals surface area contributed by atoms with Gasteiger partial charge >= 0.3 is 0 Å². The number of fused-ring (bicyclic) bond motifs is 2. The summed E-state index contributed by atoms with van der Waals surface area (Å²) in [6.45, 7) is 2.05. The van der Waals surface area contributed by atoms with Crippen LogP contribution in [-0.4, -0.2) is 46.1 Å². The second kappa shape index (κ2) is 6.56. The zero-order valence-corrected chi connectivity index (χ0v) is 15.8. The summed E-state index contributed by atoms with van der Waals surface area (Å²) in [5.74, 6) is 1.30. The molecule has 0 bridgehead atoms. The molecule has 8 heteroatoms. The number of aromatic nitrogens is 6. The van der Waals surface area contributed by atoms with Gasteiger partial charge in [-0.25, -0.2) is 15.0 Å². The summed E-state index contributed by atoms with van der Waals surface area (Å²) >= 11 is 0. The van der Waals surface area contributed by atoms with Gasteiger partial charge in [0.15, 0.2) is 0 Å². The zero-order chi connectivity index (χ0) is 19.1. The summed E-state index contributed by atoms with van der Waals surface area (Å²) < 4.78 is 1.89. The maximum absolute atomic E-state index is 10.4. The molecule has 1 saturated carbocycles. The fraction of sp³-hybridized carbons (Fsp3) is 0.400. The SMILES string of the molecule is CCC1(O)CCC(Nc2ncc3c(-c4cnc5nccn5c4)c[nH]c3n2)CC1. The molecular formula is C20H23N7O. The normalized spacial score (nSPS) is 22.7. The molecule has 0 saturated heterocycles. The second-order valence-corrected chi connectivity index (χ2v) is 7.63. The Kier molecular flexibility index (Phi) is 4.01. The van der Waals surface area contributed by atoms with Crippen LogP contribution in [0.2, 0.25) is 0 Å². The second-order valence-electron chi connectivity index (χ2n) is 7.63. The predicted octanol–water partition coefficient (Wildman–Crippen LogP) is 3.16. The van der Waals surface area contributed by atoms with Gasteiger partial charge in [0.05, 0.1) is 5.60 Å². The highest BCUT2D eigenvalue weighted by atomic mass is 16.3. The van der Waals surface area contributed by atoms with E-state index in [0.717, 1.165) is 54.3 Å². The Labute approximate surface area is 162 Å². The molecule has 8 nitrogen and oxygen atoms in total. The Hall–Kier alpha value is -3.00. The molecule has 4 aromatic rings. The minimum atomic E-state index is -0.498. The van der Waals surface area contributed by atoms with Gasteiger partial charge in [-0.05, 0) is 32.1 Å². The number of hydrogen-bond acceptors (Lipinski definition) is 6. The largest absolute Gasteiger partial charge is 0.390 e. The van der Waals surface area contributed by atoms with Crippen molar-refractivity contribution in [3.05, 3.63) is 37.2 Å². The van der Waals surface area contributed by atoms with Gasteiger partial charge in [-0.2, -0.15) is 4.98 Å². The molecule has 5 rings (SSSR count). The van der Waals surface area contributed by atoms with Crippen LogP contribution in [0.15, 0.2) is 37.2 Å². The first-order chi connectivity index (χ1) is 13.6. The lowest BCUT2D eigenvalue weighted by Gasteiger charge is -2.35. The summed E-state index contributed by atoms with van der Waals surface area (Å²) in [5, 5.41) is 14.8.